The average Bonchev–Trinajstić information content (AvgIpc) is 2.63. The Morgan fingerprint density at radius 2 is 1.63 bits per heavy atom. The van der Waals surface area contributed by atoms with Crippen molar-refractivity contribution in [3.8, 4) is 5.75 Å². The monoisotopic (exact) mass is 379 g/mol. The molecule has 5 nitrogen and oxygen atoms in total. The second-order valence-corrected chi connectivity index (χ2v) is 5.42. The smallest absolute Gasteiger partial charge is 0.483 e. The number of hydrogen-bond acceptors (Lipinski definition) is 4. The lowest BCUT2D eigenvalue weighted by Gasteiger charge is -2.16. The van der Waals surface area contributed by atoms with Crippen molar-refractivity contribution in [2.75, 3.05) is 6.61 Å². The lowest BCUT2D eigenvalue weighted by molar-refractivity contribution is -0.274. The summed E-state index contributed by atoms with van der Waals surface area (Å²) in [6.45, 7) is 2.05. The van der Waals surface area contributed by atoms with Gasteiger partial charge in [-0.05, 0) is 36.8 Å². The van der Waals surface area contributed by atoms with Crippen molar-refractivity contribution in [3.05, 3.63) is 71.4 Å². The molecular formula is C19H16F3NO4. The van der Waals surface area contributed by atoms with Crippen LogP contribution in [0.3, 0.4) is 0 Å². The first-order valence-electron chi connectivity index (χ1n) is 7.73. The summed E-state index contributed by atoms with van der Waals surface area (Å²) in [5.41, 5.74) is 3.54. The summed E-state index contributed by atoms with van der Waals surface area (Å²) in [4.78, 5) is 12.7. The molecule has 0 saturated carbocycles. The summed E-state index contributed by atoms with van der Waals surface area (Å²) < 4.78 is 46.0. The summed E-state index contributed by atoms with van der Waals surface area (Å²) in [5, 5.41) is 6.89. The second-order valence-electron chi connectivity index (χ2n) is 5.42. The number of aryl methyl sites for hydroxylation is 1. The van der Waals surface area contributed by atoms with Crippen molar-refractivity contribution in [2.24, 2.45) is 4.99 Å². The van der Waals surface area contributed by atoms with Crippen molar-refractivity contribution in [3.63, 3.8) is 0 Å². The highest BCUT2D eigenvalue weighted by Gasteiger charge is 2.31. The second kappa shape index (κ2) is 8.88. The SMILES string of the molecule is Cc1ccc(C2=NC=C(c3ccc(OC(F)(F)F)cc3)CO2)cc1.O=CO. The topological polar surface area (TPSA) is 68.1 Å². The van der Waals surface area contributed by atoms with Gasteiger partial charge >= 0.3 is 6.36 Å². The Morgan fingerprint density at radius 3 is 2.11 bits per heavy atom. The lowest BCUT2D eigenvalue weighted by Crippen LogP contribution is -2.17. The molecule has 3 rings (SSSR count). The van der Waals surface area contributed by atoms with Crippen LogP contribution in [0.15, 0.2) is 59.7 Å². The predicted molar refractivity (Wildman–Crippen MR) is 93.5 cm³/mol. The van der Waals surface area contributed by atoms with E-state index in [0.29, 0.717) is 12.5 Å². The number of alkyl halides is 3. The fraction of sp³-hybridized carbons (Fsp3) is 0.158. The first kappa shape index (κ1) is 20.0. The molecule has 0 atom stereocenters. The Bertz CT molecular complexity index is 826. The van der Waals surface area contributed by atoms with E-state index in [0.717, 1.165) is 22.3 Å². The molecule has 0 fully saturated rings. The molecule has 2 aromatic carbocycles. The summed E-state index contributed by atoms with van der Waals surface area (Å²) in [5.74, 6) is 0.267. The summed E-state index contributed by atoms with van der Waals surface area (Å²) in [6.07, 6.45) is -3.03. The van der Waals surface area contributed by atoms with Gasteiger partial charge in [0.05, 0.1) is 0 Å². The van der Waals surface area contributed by atoms with Gasteiger partial charge in [-0.3, -0.25) is 4.79 Å². The summed E-state index contributed by atoms with van der Waals surface area (Å²) >= 11 is 0. The number of hydrogen-bond donors (Lipinski definition) is 1. The van der Waals surface area contributed by atoms with Gasteiger partial charge in [0, 0.05) is 17.3 Å². The quantitative estimate of drug-likeness (QED) is 0.802. The van der Waals surface area contributed by atoms with Crippen LogP contribution in [0.2, 0.25) is 0 Å². The minimum absolute atomic E-state index is 0.250. The predicted octanol–water partition coefficient (Wildman–Crippen LogP) is 4.41. The van der Waals surface area contributed by atoms with Crippen LogP contribution in [0.5, 0.6) is 5.75 Å². The Hall–Kier alpha value is -3.29. The van der Waals surface area contributed by atoms with Gasteiger partial charge in [-0.2, -0.15) is 0 Å². The maximum atomic E-state index is 12.2. The highest BCUT2D eigenvalue weighted by Crippen LogP contribution is 2.26. The number of benzene rings is 2. The van der Waals surface area contributed by atoms with Gasteiger partial charge in [-0.1, -0.05) is 29.8 Å². The van der Waals surface area contributed by atoms with Crippen LogP contribution in [0.25, 0.3) is 5.57 Å². The Balaban J connectivity index is 0.000000817. The van der Waals surface area contributed by atoms with E-state index < -0.39 is 6.36 Å². The zero-order valence-corrected chi connectivity index (χ0v) is 14.2. The van der Waals surface area contributed by atoms with E-state index in [4.69, 9.17) is 14.6 Å². The molecule has 2 aromatic rings. The number of halogens is 3. The van der Waals surface area contributed by atoms with Crippen molar-refractivity contribution in [1.29, 1.82) is 0 Å². The Morgan fingerprint density at radius 1 is 1.07 bits per heavy atom. The van der Waals surface area contributed by atoms with Crippen LogP contribution in [0, 0.1) is 6.92 Å². The van der Waals surface area contributed by atoms with Crippen molar-refractivity contribution in [1.82, 2.24) is 0 Å². The molecule has 0 spiro atoms. The van der Waals surface area contributed by atoms with Gasteiger partial charge < -0.3 is 14.6 Å². The van der Waals surface area contributed by atoms with Gasteiger partial charge in [0.15, 0.2) is 0 Å². The van der Waals surface area contributed by atoms with Gasteiger partial charge in [0.25, 0.3) is 6.47 Å². The highest BCUT2D eigenvalue weighted by atomic mass is 19.4. The van der Waals surface area contributed by atoms with Crippen molar-refractivity contribution in [2.45, 2.75) is 13.3 Å². The molecular weight excluding hydrogens is 363 g/mol. The zero-order valence-electron chi connectivity index (χ0n) is 14.2. The van der Waals surface area contributed by atoms with Crippen LogP contribution < -0.4 is 4.74 Å². The third-order valence-electron chi connectivity index (χ3n) is 3.46. The molecule has 0 bridgehead atoms. The summed E-state index contributed by atoms with van der Waals surface area (Å²) in [7, 11) is 0. The van der Waals surface area contributed by atoms with E-state index in [9.17, 15) is 13.2 Å². The van der Waals surface area contributed by atoms with E-state index in [2.05, 4.69) is 9.73 Å². The lowest BCUT2D eigenvalue weighted by atomic mass is 10.1. The maximum absolute atomic E-state index is 12.2. The fourth-order valence-electron chi connectivity index (χ4n) is 2.24. The van der Waals surface area contributed by atoms with Crippen LogP contribution in [0.1, 0.15) is 16.7 Å². The van der Waals surface area contributed by atoms with Gasteiger partial charge in [0.1, 0.15) is 12.4 Å². The first-order valence-corrected chi connectivity index (χ1v) is 7.73. The minimum Gasteiger partial charge on any atom is -0.483 e. The first-order chi connectivity index (χ1) is 12.8. The molecule has 27 heavy (non-hydrogen) atoms. The van der Waals surface area contributed by atoms with Crippen LogP contribution in [-0.4, -0.2) is 30.4 Å². The highest BCUT2D eigenvalue weighted by molar-refractivity contribution is 5.96. The number of aliphatic imine (C=N–C) groups is 1. The van der Waals surface area contributed by atoms with Crippen molar-refractivity contribution < 1.29 is 32.5 Å². The fourth-order valence-corrected chi connectivity index (χ4v) is 2.24. The number of carbonyl (C=O) groups is 1. The largest absolute Gasteiger partial charge is 0.573 e. The third-order valence-corrected chi connectivity index (χ3v) is 3.46. The average molecular weight is 379 g/mol. The molecule has 1 aliphatic rings. The van der Waals surface area contributed by atoms with Crippen LogP contribution in [-0.2, 0) is 9.53 Å². The molecule has 0 unspecified atom stereocenters. The molecule has 1 aliphatic heterocycles. The van der Waals surface area contributed by atoms with E-state index in [1.165, 1.54) is 12.1 Å². The molecule has 142 valence electrons. The van der Waals surface area contributed by atoms with Gasteiger partial charge in [0.2, 0.25) is 5.90 Å². The molecule has 0 aromatic heterocycles. The molecule has 1 N–H and O–H groups in total. The summed E-state index contributed by atoms with van der Waals surface area (Å²) in [6, 6.07) is 13.4. The van der Waals surface area contributed by atoms with E-state index in [1.54, 1.807) is 18.3 Å². The standard InChI is InChI=1S/C18H14F3NO2.CH2O2/c1-12-2-4-14(5-3-12)17-22-10-15(11-23-17)13-6-8-16(9-7-13)24-18(19,20)21;2-1-3/h2-10H,11H2,1H3;1H,(H,2,3). The molecule has 1 heterocycles. The normalized spacial score (nSPS) is 13.3. The third kappa shape index (κ3) is 6.18. The molecule has 0 radical (unpaired) electrons. The molecule has 0 amide bonds. The molecule has 8 heteroatoms. The van der Waals surface area contributed by atoms with E-state index in [-0.39, 0.29) is 12.2 Å². The van der Waals surface area contributed by atoms with E-state index in [1.807, 2.05) is 31.2 Å². The number of nitrogens with zero attached hydrogens (tertiary/aromatic N) is 1. The molecule has 0 aliphatic carbocycles. The van der Waals surface area contributed by atoms with Crippen LogP contribution in [0.4, 0.5) is 13.2 Å². The maximum Gasteiger partial charge on any atom is 0.573 e. The number of rotatable bonds is 3. The number of ether oxygens (including phenoxy) is 2. The van der Waals surface area contributed by atoms with E-state index >= 15 is 0 Å². The number of carboxylic acid groups (broad SMARTS) is 1. The van der Waals surface area contributed by atoms with Gasteiger partial charge in [-0.15, -0.1) is 13.2 Å². The Kier molecular flexibility index (Phi) is 6.59. The zero-order chi connectivity index (χ0) is 19.9. The Labute approximate surface area is 153 Å². The molecule has 0 saturated heterocycles. The van der Waals surface area contributed by atoms with Gasteiger partial charge in [-0.25, -0.2) is 4.99 Å². The van der Waals surface area contributed by atoms with Crippen LogP contribution >= 0.6 is 0 Å². The minimum atomic E-state index is -4.69. The van der Waals surface area contributed by atoms with Crippen molar-refractivity contribution >= 4 is 17.9 Å².